The van der Waals surface area contributed by atoms with Gasteiger partial charge in [-0.25, -0.2) is 0 Å². The highest BCUT2D eigenvalue weighted by atomic mass is 16.5. The number of benzene rings is 2. The van der Waals surface area contributed by atoms with Crippen molar-refractivity contribution in [1.82, 2.24) is 19.8 Å². The van der Waals surface area contributed by atoms with Crippen LogP contribution in [0.2, 0.25) is 0 Å². The molecule has 2 aromatic carbocycles. The first-order valence-electron chi connectivity index (χ1n) is 10.9. The van der Waals surface area contributed by atoms with Gasteiger partial charge in [0.15, 0.2) is 0 Å². The topological polar surface area (TPSA) is 76.5 Å². The molecule has 2 heterocycles. The zero-order chi connectivity index (χ0) is 23.5. The molecule has 33 heavy (non-hydrogen) atoms. The Morgan fingerprint density at radius 3 is 2.70 bits per heavy atom. The van der Waals surface area contributed by atoms with E-state index in [1.165, 1.54) is 0 Å². The first-order valence-corrected chi connectivity index (χ1v) is 10.9. The minimum absolute atomic E-state index is 0.102. The molecule has 4 rings (SSSR count). The summed E-state index contributed by atoms with van der Waals surface area (Å²) in [5.74, 6) is 0.541. The number of methoxy groups -OCH3 is 1. The number of pyridine rings is 2. The number of nitrogens with one attached hydrogen (secondary N) is 1. The maximum Gasteiger partial charge on any atom is 0.260 e. The average Bonchev–Trinajstić information content (AvgIpc) is 2.83. The van der Waals surface area contributed by atoms with Crippen molar-refractivity contribution in [3.8, 4) is 5.75 Å². The Morgan fingerprint density at radius 1 is 1.12 bits per heavy atom. The molecule has 0 aliphatic rings. The Labute approximate surface area is 192 Å². The van der Waals surface area contributed by atoms with Gasteiger partial charge >= 0.3 is 0 Å². The molecule has 1 atom stereocenters. The summed E-state index contributed by atoms with van der Waals surface area (Å²) in [4.78, 5) is 32.5. The van der Waals surface area contributed by atoms with Crippen LogP contribution in [0.1, 0.15) is 28.9 Å². The van der Waals surface area contributed by atoms with Gasteiger partial charge in [-0.15, -0.1) is 0 Å². The normalized spacial score (nSPS) is 12.3. The first kappa shape index (κ1) is 22.5. The SMILES string of the molecule is COc1cccc([C@@H](C)NC(=O)c2ccc3c4ccncc4c(=O)n(CCN(C)C)c3c2)c1. The van der Waals surface area contributed by atoms with Crippen LogP contribution >= 0.6 is 0 Å². The van der Waals surface area contributed by atoms with Crippen molar-refractivity contribution in [1.29, 1.82) is 0 Å². The van der Waals surface area contributed by atoms with E-state index in [4.69, 9.17) is 4.74 Å². The number of hydrogen-bond donors (Lipinski definition) is 1. The fraction of sp³-hybridized carbons (Fsp3) is 0.269. The summed E-state index contributed by atoms with van der Waals surface area (Å²) in [6.07, 6.45) is 3.29. The maximum absolute atomic E-state index is 13.3. The molecule has 0 spiro atoms. The molecule has 0 aliphatic heterocycles. The van der Waals surface area contributed by atoms with Crippen molar-refractivity contribution in [2.24, 2.45) is 0 Å². The van der Waals surface area contributed by atoms with Gasteiger partial charge in [0, 0.05) is 36.4 Å². The van der Waals surface area contributed by atoms with Crippen molar-refractivity contribution < 1.29 is 9.53 Å². The number of hydrogen-bond acceptors (Lipinski definition) is 5. The number of carbonyl (C=O) groups is 1. The van der Waals surface area contributed by atoms with Crippen LogP contribution in [0.25, 0.3) is 21.7 Å². The Bertz CT molecular complexity index is 1380. The predicted molar refractivity (Wildman–Crippen MR) is 131 cm³/mol. The largest absolute Gasteiger partial charge is 0.497 e. The molecule has 7 nitrogen and oxygen atoms in total. The summed E-state index contributed by atoms with van der Waals surface area (Å²) in [6, 6.07) is 14.8. The van der Waals surface area contributed by atoms with Crippen LogP contribution in [0.4, 0.5) is 0 Å². The molecule has 0 unspecified atom stereocenters. The van der Waals surface area contributed by atoms with Crippen molar-refractivity contribution >= 4 is 27.6 Å². The number of carbonyl (C=O) groups excluding carboxylic acids is 1. The van der Waals surface area contributed by atoms with Gasteiger partial charge in [-0.2, -0.15) is 0 Å². The highest BCUT2D eigenvalue weighted by Gasteiger charge is 2.16. The molecule has 7 heteroatoms. The summed E-state index contributed by atoms with van der Waals surface area (Å²) in [5, 5.41) is 5.38. The van der Waals surface area contributed by atoms with Crippen molar-refractivity contribution in [2.45, 2.75) is 19.5 Å². The number of nitrogens with zero attached hydrogens (tertiary/aromatic N) is 3. The molecule has 4 aromatic rings. The second-order valence-electron chi connectivity index (χ2n) is 8.39. The number of rotatable bonds is 7. The summed E-state index contributed by atoms with van der Waals surface area (Å²) >= 11 is 0. The van der Waals surface area contributed by atoms with E-state index in [1.807, 2.05) is 62.3 Å². The molecule has 0 bridgehead atoms. The lowest BCUT2D eigenvalue weighted by atomic mass is 10.0. The molecule has 1 N–H and O–H groups in total. The minimum atomic E-state index is -0.207. The fourth-order valence-electron chi connectivity index (χ4n) is 3.97. The van der Waals surface area contributed by atoms with Gasteiger partial charge in [0.25, 0.3) is 11.5 Å². The molecule has 0 aliphatic carbocycles. The van der Waals surface area contributed by atoms with Crippen molar-refractivity contribution in [3.05, 3.63) is 82.4 Å². The second-order valence-corrected chi connectivity index (χ2v) is 8.39. The summed E-state index contributed by atoms with van der Waals surface area (Å²) in [7, 11) is 5.55. The van der Waals surface area contributed by atoms with Gasteiger partial charge in [0.2, 0.25) is 0 Å². The Balaban J connectivity index is 1.74. The number of ether oxygens (including phenoxy) is 1. The molecule has 0 fully saturated rings. The van der Waals surface area contributed by atoms with Gasteiger partial charge in [-0.3, -0.25) is 14.6 Å². The van der Waals surface area contributed by atoms with E-state index in [2.05, 4.69) is 10.3 Å². The smallest absolute Gasteiger partial charge is 0.260 e. The van der Waals surface area contributed by atoms with E-state index < -0.39 is 0 Å². The third-order valence-corrected chi connectivity index (χ3v) is 5.85. The lowest BCUT2D eigenvalue weighted by molar-refractivity contribution is 0.0940. The standard InChI is InChI=1S/C26H28N4O3/c1-17(18-6-5-7-20(14-18)33-4)28-25(31)19-8-9-22-21-10-11-27-16-23(21)26(32)30(24(22)15-19)13-12-29(2)3/h5-11,14-17H,12-13H2,1-4H3,(H,28,31)/t17-/m1/s1. The fourth-order valence-corrected chi connectivity index (χ4v) is 3.97. The lowest BCUT2D eigenvalue weighted by Crippen LogP contribution is -2.28. The lowest BCUT2D eigenvalue weighted by Gasteiger charge is -2.18. The van der Waals surface area contributed by atoms with Crippen LogP contribution in [0.5, 0.6) is 5.75 Å². The number of amides is 1. The number of likely N-dealkylation sites (N-methyl/N-ethyl adjacent to an activating group) is 1. The Morgan fingerprint density at radius 2 is 1.94 bits per heavy atom. The highest BCUT2D eigenvalue weighted by molar-refractivity contribution is 6.07. The molecule has 0 radical (unpaired) electrons. The van der Waals surface area contributed by atoms with Crippen molar-refractivity contribution in [2.75, 3.05) is 27.7 Å². The third kappa shape index (κ3) is 4.59. The number of aromatic nitrogens is 2. The highest BCUT2D eigenvalue weighted by Crippen LogP contribution is 2.24. The van der Waals surface area contributed by atoms with Crippen LogP contribution in [-0.2, 0) is 6.54 Å². The van der Waals surface area contributed by atoms with Crippen LogP contribution in [0.3, 0.4) is 0 Å². The summed E-state index contributed by atoms with van der Waals surface area (Å²) in [6.45, 7) is 3.14. The minimum Gasteiger partial charge on any atom is -0.497 e. The van der Waals surface area contributed by atoms with Crippen LogP contribution < -0.4 is 15.6 Å². The van der Waals surface area contributed by atoms with E-state index >= 15 is 0 Å². The van der Waals surface area contributed by atoms with Gasteiger partial charge in [0.1, 0.15) is 5.75 Å². The molecule has 1 amide bonds. The van der Waals surface area contributed by atoms with Gasteiger partial charge in [-0.05, 0) is 62.3 Å². The van der Waals surface area contributed by atoms with E-state index in [-0.39, 0.29) is 17.5 Å². The zero-order valence-corrected chi connectivity index (χ0v) is 19.3. The quantitative estimate of drug-likeness (QED) is 0.441. The molecule has 170 valence electrons. The Kier molecular flexibility index (Phi) is 6.42. The molecular formula is C26H28N4O3. The average molecular weight is 445 g/mol. The zero-order valence-electron chi connectivity index (χ0n) is 19.3. The predicted octanol–water partition coefficient (Wildman–Crippen LogP) is 3.61. The first-order chi connectivity index (χ1) is 15.9. The molecule has 0 saturated heterocycles. The van der Waals surface area contributed by atoms with Crippen LogP contribution in [-0.4, -0.2) is 48.1 Å². The van der Waals surface area contributed by atoms with E-state index in [1.54, 1.807) is 36.2 Å². The third-order valence-electron chi connectivity index (χ3n) is 5.85. The van der Waals surface area contributed by atoms with E-state index in [9.17, 15) is 9.59 Å². The monoisotopic (exact) mass is 444 g/mol. The van der Waals surface area contributed by atoms with E-state index in [0.717, 1.165) is 27.6 Å². The van der Waals surface area contributed by atoms with Gasteiger partial charge in [-0.1, -0.05) is 18.2 Å². The second kappa shape index (κ2) is 9.42. The maximum atomic E-state index is 13.3. The summed E-state index contributed by atoms with van der Waals surface area (Å²) < 4.78 is 7.03. The molecule has 2 aromatic heterocycles. The van der Waals surface area contributed by atoms with Crippen LogP contribution in [0, 0.1) is 0 Å². The van der Waals surface area contributed by atoms with Crippen molar-refractivity contribution in [3.63, 3.8) is 0 Å². The number of fused-ring (bicyclic) bond motifs is 3. The van der Waals surface area contributed by atoms with Gasteiger partial charge in [0.05, 0.1) is 24.1 Å². The van der Waals surface area contributed by atoms with Crippen LogP contribution in [0.15, 0.2) is 65.7 Å². The Hall–Kier alpha value is -3.71. The molecular weight excluding hydrogens is 416 g/mol. The summed E-state index contributed by atoms with van der Waals surface area (Å²) in [5.41, 5.74) is 2.09. The van der Waals surface area contributed by atoms with E-state index in [0.29, 0.717) is 24.0 Å². The van der Waals surface area contributed by atoms with Gasteiger partial charge < -0.3 is 19.5 Å². The molecule has 0 saturated carbocycles.